The summed E-state index contributed by atoms with van der Waals surface area (Å²) in [6, 6.07) is 9.69. The van der Waals surface area contributed by atoms with Crippen LogP contribution in [0.5, 0.6) is 11.5 Å². The Hall–Kier alpha value is -2.43. The van der Waals surface area contributed by atoms with E-state index in [0.29, 0.717) is 29.6 Å². The van der Waals surface area contributed by atoms with E-state index in [9.17, 15) is 4.79 Å². The number of nitrogens with zero attached hydrogens (tertiary/aromatic N) is 2. The molecule has 0 aliphatic heterocycles. The number of carbonyl (C=O) groups is 1. The highest BCUT2D eigenvalue weighted by Gasteiger charge is 2.33. The van der Waals surface area contributed by atoms with Crippen LogP contribution in [0.15, 0.2) is 36.5 Å². The Morgan fingerprint density at radius 2 is 1.87 bits per heavy atom. The van der Waals surface area contributed by atoms with E-state index in [1.54, 1.807) is 32.4 Å². The predicted molar refractivity (Wildman–Crippen MR) is 87.9 cm³/mol. The van der Waals surface area contributed by atoms with E-state index >= 15 is 0 Å². The number of methoxy groups -OCH3 is 2. The Morgan fingerprint density at radius 3 is 2.35 bits per heavy atom. The first kappa shape index (κ1) is 15.5. The van der Waals surface area contributed by atoms with Gasteiger partial charge in [0.15, 0.2) is 0 Å². The van der Waals surface area contributed by atoms with Gasteiger partial charge in [0.25, 0.3) is 5.91 Å². The maximum absolute atomic E-state index is 13.0. The van der Waals surface area contributed by atoms with Crippen molar-refractivity contribution in [2.24, 2.45) is 7.05 Å². The van der Waals surface area contributed by atoms with Gasteiger partial charge in [-0.05, 0) is 37.1 Å². The van der Waals surface area contributed by atoms with Gasteiger partial charge in [0.1, 0.15) is 11.5 Å². The highest BCUT2D eigenvalue weighted by Crippen LogP contribution is 2.31. The summed E-state index contributed by atoms with van der Waals surface area (Å²) in [4.78, 5) is 15.0. The van der Waals surface area contributed by atoms with Crippen LogP contribution in [0.1, 0.15) is 28.9 Å². The molecule has 0 bridgehead atoms. The zero-order valence-corrected chi connectivity index (χ0v) is 13.8. The van der Waals surface area contributed by atoms with Gasteiger partial charge in [0.2, 0.25) is 0 Å². The fourth-order valence-corrected chi connectivity index (χ4v) is 2.68. The second kappa shape index (κ2) is 6.36. The van der Waals surface area contributed by atoms with Crippen LogP contribution in [0.2, 0.25) is 0 Å². The maximum atomic E-state index is 13.0. The van der Waals surface area contributed by atoms with E-state index < -0.39 is 0 Å². The minimum absolute atomic E-state index is 0.0194. The van der Waals surface area contributed by atoms with Crippen LogP contribution in [0.25, 0.3) is 0 Å². The number of amides is 1. The lowest BCUT2D eigenvalue weighted by Crippen LogP contribution is -2.33. The number of carbonyl (C=O) groups excluding carboxylic acids is 1. The van der Waals surface area contributed by atoms with Crippen LogP contribution in [-0.4, -0.2) is 35.6 Å². The van der Waals surface area contributed by atoms with E-state index in [4.69, 9.17) is 9.47 Å². The molecule has 0 unspecified atom stereocenters. The van der Waals surface area contributed by atoms with E-state index in [2.05, 4.69) is 10.6 Å². The summed E-state index contributed by atoms with van der Waals surface area (Å²) in [5.74, 6) is 1.27. The lowest BCUT2D eigenvalue weighted by molar-refractivity contribution is 0.0725. The normalized spacial score (nSPS) is 13.7. The van der Waals surface area contributed by atoms with Crippen molar-refractivity contribution in [1.29, 1.82) is 0 Å². The number of ether oxygens (including phenoxy) is 2. The Labute approximate surface area is 136 Å². The lowest BCUT2D eigenvalue weighted by atomic mass is 10.1. The van der Waals surface area contributed by atoms with Crippen molar-refractivity contribution >= 4 is 5.91 Å². The van der Waals surface area contributed by atoms with Crippen molar-refractivity contribution in [3.63, 3.8) is 0 Å². The average Bonchev–Trinajstić information content (AvgIpc) is 3.34. The summed E-state index contributed by atoms with van der Waals surface area (Å²) < 4.78 is 12.6. The van der Waals surface area contributed by atoms with E-state index in [1.807, 2.05) is 24.2 Å². The number of benzene rings is 1. The number of rotatable bonds is 6. The van der Waals surface area contributed by atoms with Crippen LogP contribution in [0, 0.1) is 0 Å². The third kappa shape index (κ3) is 3.33. The average molecular weight is 314 g/mol. The molecule has 0 atom stereocenters. The molecular weight excluding hydrogens is 292 g/mol. The smallest absolute Gasteiger partial charge is 0.254 e. The van der Waals surface area contributed by atoms with Gasteiger partial charge < -0.3 is 18.9 Å². The fraction of sp³-hybridized carbons (Fsp3) is 0.389. The van der Waals surface area contributed by atoms with Gasteiger partial charge in [0.05, 0.1) is 20.8 Å². The van der Waals surface area contributed by atoms with Crippen molar-refractivity contribution in [1.82, 2.24) is 9.47 Å². The van der Waals surface area contributed by atoms with Crippen molar-refractivity contribution in [3.8, 4) is 11.5 Å². The molecule has 5 nitrogen and oxygen atoms in total. The van der Waals surface area contributed by atoms with Gasteiger partial charge in [-0.3, -0.25) is 4.79 Å². The molecule has 122 valence electrons. The molecule has 1 aromatic heterocycles. The Morgan fingerprint density at radius 1 is 1.22 bits per heavy atom. The van der Waals surface area contributed by atoms with Gasteiger partial charge in [-0.2, -0.15) is 0 Å². The summed E-state index contributed by atoms with van der Waals surface area (Å²) in [5.41, 5.74) is 1.72. The second-order valence-corrected chi connectivity index (χ2v) is 5.88. The maximum Gasteiger partial charge on any atom is 0.254 e. The molecule has 5 heteroatoms. The first-order valence-corrected chi connectivity index (χ1v) is 7.76. The third-order valence-corrected chi connectivity index (χ3v) is 4.23. The summed E-state index contributed by atoms with van der Waals surface area (Å²) in [7, 11) is 5.18. The Bertz CT molecular complexity index is 682. The molecular formula is C18H22N2O3. The molecule has 1 aromatic carbocycles. The Balaban J connectivity index is 1.88. The van der Waals surface area contributed by atoms with Gasteiger partial charge >= 0.3 is 0 Å². The molecule has 3 rings (SSSR count). The lowest BCUT2D eigenvalue weighted by Gasteiger charge is -2.23. The van der Waals surface area contributed by atoms with Crippen molar-refractivity contribution in [2.45, 2.75) is 25.4 Å². The molecule has 0 radical (unpaired) electrons. The van der Waals surface area contributed by atoms with Crippen LogP contribution in [0.3, 0.4) is 0 Å². The monoisotopic (exact) mass is 314 g/mol. The van der Waals surface area contributed by atoms with E-state index in [-0.39, 0.29) is 5.91 Å². The highest BCUT2D eigenvalue weighted by molar-refractivity contribution is 5.95. The molecule has 1 saturated carbocycles. The van der Waals surface area contributed by atoms with Gasteiger partial charge in [0, 0.05) is 36.6 Å². The van der Waals surface area contributed by atoms with Gasteiger partial charge in [-0.25, -0.2) is 0 Å². The predicted octanol–water partition coefficient (Wildman–Crippen LogP) is 2.85. The zero-order chi connectivity index (χ0) is 16.4. The van der Waals surface area contributed by atoms with Crippen molar-refractivity contribution in [3.05, 3.63) is 47.8 Å². The third-order valence-electron chi connectivity index (χ3n) is 4.23. The standard InChI is InChI=1S/C18H22N2O3/c1-19-8-4-5-15(19)12-20(14-6-7-14)18(21)13-9-16(22-2)11-17(10-13)23-3/h4-5,8-11,14H,6-7,12H2,1-3H3. The minimum atomic E-state index is 0.0194. The zero-order valence-electron chi connectivity index (χ0n) is 13.8. The second-order valence-electron chi connectivity index (χ2n) is 5.88. The van der Waals surface area contributed by atoms with E-state index in [1.165, 1.54) is 0 Å². The molecule has 2 aromatic rings. The van der Waals surface area contributed by atoms with Crippen LogP contribution in [-0.2, 0) is 13.6 Å². The largest absolute Gasteiger partial charge is 0.497 e. The number of aromatic nitrogens is 1. The summed E-state index contributed by atoms with van der Waals surface area (Å²) >= 11 is 0. The quantitative estimate of drug-likeness (QED) is 0.823. The molecule has 1 amide bonds. The summed E-state index contributed by atoms with van der Waals surface area (Å²) in [6.07, 6.45) is 4.13. The van der Waals surface area contributed by atoms with Crippen LogP contribution < -0.4 is 9.47 Å². The molecule has 1 fully saturated rings. The highest BCUT2D eigenvalue weighted by atomic mass is 16.5. The molecule has 1 aliphatic carbocycles. The number of aryl methyl sites for hydroxylation is 1. The number of hydrogen-bond donors (Lipinski definition) is 0. The topological polar surface area (TPSA) is 43.7 Å². The molecule has 0 saturated heterocycles. The van der Waals surface area contributed by atoms with Gasteiger partial charge in [-0.15, -0.1) is 0 Å². The fourth-order valence-electron chi connectivity index (χ4n) is 2.68. The summed E-state index contributed by atoms with van der Waals surface area (Å²) in [5, 5.41) is 0. The molecule has 0 spiro atoms. The molecule has 1 aliphatic rings. The number of hydrogen-bond acceptors (Lipinski definition) is 3. The Kier molecular flexibility index (Phi) is 4.28. The first-order valence-electron chi connectivity index (χ1n) is 7.76. The van der Waals surface area contributed by atoms with Crippen molar-refractivity contribution in [2.75, 3.05) is 14.2 Å². The van der Waals surface area contributed by atoms with Crippen molar-refractivity contribution < 1.29 is 14.3 Å². The molecule has 0 N–H and O–H groups in total. The van der Waals surface area contributed by atoms with Crippen LogP contribution in [0.4, 0.5) is 0 Å². The summed E-state index contributed by atoms with van der Waals surface area (Å²) in [6.45, 7) is 0.618. The first-order chi connectivity index (χ1) is 11.1. The van der Waals surface area contributed by atoms with E-state index in [0.717, 1.165) is 18.5 Å². The minimum Gasteiger partial charge on any atom is -0.497 e. The SMILES string of the molecule is COc1cc(OC)cc(C(=O)N(Cc2cccn2C)C2CC2)c1. The van der Waals surface area contributed by atoms with Gasteiger partial charge in [-0.1, -0.05) is 0 Å². The van der Waals surface area contributed by atoms with Crippen LogP contribution >= 0.6 is 0 Å². The molecule has 1 heterocycles. The molecule has 23 heavy (non-hydrogen) atoms.